The minimum atomic E-state index is 0.0630. The van der Waals surface area contributed by atoms with Gasteiger partial charge in [0, 0.05) is 27.8 Å². The molecule has 2 aliphatic rings. The van der Waals surface area contributed by atoms with Crippen molar-refractivity contribution >= 4 is 34.8 Å². The van der Waals surface area contributed by atoms with Gasteiger partial charge < -0.3 is 10.6 Å². The van der Waals surface area contributed by atoms with E-state index in [0.29, 0.717) is 27.8 Å². The van der Waals surface area contributed by atoms with Crippen LogP contribution in [0.2, 0.25) is 10.0 Å². The van der Waals surface area contributed by atoms with Crippen LogP contribution in [0.3, 0.4) is 0 Å². The van der Waals surface area contributed by atoms with Crippen LogP contribution in [0.15, 0.2) is 18.2 Å². The fraction of sp³-hybridized carbons (Fsp3) is 0.462. The maximum Gasteiger partial charge on any atom is 0.229 e. The van der Waals surface area contributed by atoms with Gasteiger partial charge in [0.2, 0.25) is 5.91 Å². The average molecular weight is 285 g/mol. The van der Waals surface area contributed by atoms with Gasteiger partial charge in [-0.3, -0.25) is 4.79 Å². The summed E-state index contributed by atoms with van der Waals surface area (Å²) in [5.74, 6) is 0.134. The molecule has 0 aliphatic carbocycles. The molecular formula is C13H14Cl2N2O. The van der Waals surface area contributed by atoms with E-state index in [4.69, 9.17) is 23.2 Å². The minimum Gasteiger partial charge on any atom is -0.326 e. The number of halogens is 2. The Bertz CT molecular complexity index is 472. The molecule has 3 nitrogen and oxygen atoms in total. The largest absolute Gasteiger partial charge is 0.326 e. The van der Waals surface area contributed by atoms with Crippen molar-refractivity contribution in [3.05, 3.63) is 28.2 Å². The fourth-order valence-electron chi connectivity index (χ4n) is 2.97. The zero-order chi connectivity index (χ0) is 12.7. The number of hydrogen-bond donors (Lipinski definition) is 2. The number of fused-ring (bicyclic) bond motifs is 2. The second-order valence-electron chi connectivity index (χ2n) is 5.04. The van der Waals surface area contributed by atoms with Crippen molar-refractivity contribution in [1.29, 1.82) is 0 Å². The molecule has 18 heavy (non-hydrogen) atoms. The molecule has 1 amide bonds. The van der Waals surface area contributed by atoms with E-state index in [1.165, 1.54) is 6.42 Å². The molecule has 0 radical (unpaired) electrons. The van der Waals surface area contributed by atoms with Gasteiger partial charge >= 0.3 is 0 Å². The van der Waals surface area contributed by atoms with E-state index in [-0.39, 0.29) is 11.8 Å². The molecule has 2 heterocycles. The van der Waals surface area contributed by atoms with E-state index in [1.807, 2.05) is 0 Å². The van der Waals surface area contributed by atoms with Crippen molar-refractivity contribution < 1.29 is 4.79 Å². The molecule has 5 heteroatoms. The van der Waals surface area contributed by atoms with Gasteiger partial charge in [0.05, 0.1) is 5.92 Å². The number of nitrogens with one attached hydrogen (secondary N) is 2. The molecule has 96 valence electrons. The summed E-state index contributed by atoms with van der Waals surface area (Å²) in [6.07, 6.45) is 3.22. The summed E-state index contributed by atoms with van der Waals surface area (Å²) in [4.78, 5) is 12.2. The summed E-state index contributed by atoms with van der Waals surface area (Å²) < 4.78 is 0. The highest BCUT2D eigenvalue weighted by Crippen LogP contribution is 2.34. The molecule has 3 atom stereocenters. The summed E-state index contributed by atoms with van der Waals surface area (Å²) in [6, 6.07) is 5.94. The third-order valence-electron chi connectivity index (χ3n) is 3.77. The van der Waals surface area contributed by atoms with E-state index in [9.17, 15) is 4.79 Å². The molecule has 2 saturated heterocycles. The van der Waals surface area contributed by atoms with Crippen LogP contribution < -0.4 is 10.6 Å². The highest BCUT2D eigenvalue weighted by atomic mass is 35.5. The van der Waals surface area contributed by atoms with Crippen LogP contribution in [-0.4, -0.2) is 18.0 Å². The first-order valence-electron chi connectivity index (χ1n) is 6.15. The smallest absolute Gasteiger partial charge is 0.229 e. The lowest BCUT2D eigenvalue weighted by Gasteiger charge is -2.19. The predicted molar refractivity (Wildman–Crippen MR) is 73.1 cm³/mol. The average Bonchev–Trinajstić information content (AvgIpc) is 2.88. The van der Waals surface area contributed by atoms with E-state index in [1.54, 1.807) is 18.2 Å². The third-order valence-corrected chi connectivity index (χ3v) is 4.20. The Hall–Kier alpha value is -0.770. The molecule has 2 aliphatic heterocycles. The van der Waals surface area contributed by atoms with Crippen LogP contribution in [0.4, 0.5) is 5.69 Å². The number of anilines is 1. The van der Waals surface area contributed by atoms with Crippen molar-refractivity contribution in [2.24, 2.45) is 5.92 Å². The standard InChI is InChI=1S/C13H14Cl2N2O/c14-7-3-8(15)5-10(4-7)17-13(18)11-6-9-1-2-12(11)16-9/h3-5,9,11-12,16H,1-2,6H2,(H,17,18). The van der Waals surface area contributed by atoms with E-state index < -0.39 is 0 Å². The number of benzene rings is 1. The zero-order valence-corrected chi connectivity index (χ0v) is 11.3. The Morgan fingerprint density at radius 1 is 1.22 bits per heavy atom. The highest BCUT2D eigenvalue weighted by Gasteiger charge is 2.42. The lowest BCUT2D eigenvalue weighted by atomic mass is 9.88. The molecule has 2 N–H and O–H groups in total. The maximum atomic E-state index is 12.2. The number of amides is 1. The van der Waals surface area contributed by atoms with Crippen molar-refractivity contribution in [2.75, 3.05) is 5.32 Å². The lowest BCUT2D eigenvalue weighted by Crippen LogP contribution is -2.32. The molecule has 3 rings (SSSR count). The Labute approximate surface area is 116 Å². The lowest BCUT2D eigenvalue weighted by molar-refractivity contribution is -0.120. The SMILES string of the molecule is O=C(Nc1cc(Cl)cc(Cl)c1)C1CC2CCC1N2. The molecule has 1 aromatic rings. The van der Waals surface area contributed by atoms with Crippen LogP contribution >= 0.6 is 23.2 Å². The van der Waals surface area contributed by atoms with Crippen LogP contribution in [0, 0.1) is 5.92 Å². The van der Waals surface area contributed by atoms with Crippen molar-refractivity contribution in [2.45, 2.75) is 31.3 Å². The number of hydrogen-bond acceptors (Lipinski definition) is 2. The summed E-state index contributed by atoms with van der Waals surface area (Å²) in [6.45, 7) is 0. The van der Waals surface area contributed by atoms with E-state index in [2.05, 4.69) is 10.6 Å². The molecule has 2 bridgehead atoms. The van der Waals surface area contributed by atoms with Crippen LogP contribution in [0.25, 0.3) is 0 Å². The fourth-order valence-corrected chi connectivity index (χ4v) is 3.50. The minimum absolute atomic E-state index is 0.0630. The first kappa shape index (κ1) is 12.3. The Balaban J connectivity index is 1.70. The topological polar surface area (TPSA) is 41.1 Å². The molecular weight excluding hydrogens is 271 g/mol. The molecule has 0 saturated carbocycles. The monoisotopic (exact) mass is 284 g/mol. The van der Waals surface area contributed by atoms with Gasteiger partial charge in [0.25, 0.3) is 0 Å². The van der Waals surface area contributed by atoms with E-state index in [0.717, 1.165) is 12.8 Å². The second-order valence-corrected chi connectivity index (χ2v) is 5.91. The van der Waals surface area contributed by atoms with Crippen molar-refractivity contribution in [1.82, 2.24) is 5.32 Å². The van der Waals surface area contributed by atoms with Gasteiger partial charge in [-0.2, -0.15) is 0 Å². The first-order valence-corrected chi connectivity index (χ1v) is 6.90. The number of rotatable bonds is 2. The maximum absolute atomic E-state index is 12.2. The molecule has 2 fully saturated rings. The molecule has 0 aromatic heterocycles. The molecule has 3 unspecified atom stereocenters. The normalized spacial score (nSPS) is 29.6. The third kappa shape index (κ3) is 2.35. The number of carbonyl (C=O) groups excluding carboxylic acids is 1. The number of carbonyl (C=O) groups is 1. The van der Waals surface area contributed by atoms with Crippen LogP contribution in [0.1, 0.15) is 19.3 Å². The zero-order valence-electron chi connectivity index (χ0n) is 9.75. The predicted octanol–water partition coefficient (Wildman–Crippen LogP) is 3.07. The van der Waals surface area contributed by atoms with Gasteiger partial charge in [-0.1, -0.05) is 23.2 Å². The summed E-state index contributed by atoms with van der Waals surface area (Å²) in [5.41, 5.74) is 0.667. The summed E-state index contributed by atoms with van der Waals surface area (Å²) in [7, 11) is 0. The molecule has 0 spiro atoms. The second kappa shape index (κ2) is 4.72. The highest BCUT2D eigenvalue weighted by molar-refractivity contribution is 6.35. The van der Waals surface area contributed by atoms with Crippen LogP contribution in [-0.2, 0) is 4.79 Å². The Morgan fingerprint density at radius 3 is 2.50 bits per heavy atom. The summed E-state index contributed by atoms with van der Waals surface area (Å²) >= 11 is 11.8. The quantitative estimate of drug-likeness (QED) is 0.876. The van der Waals surface area contributed by atoms with Crippen LogP contribution in [0.5, 0.6) is 0 Å². The molecule has 1 aromatic carbocycles. The summed E-state index contributed by atoms with van der Waals surface area (Å²) in [5, 5.41) is 7.42. The van der Waals surface area contributed by atoms with Crippen molar-refractivity contribution in [3.8, 4) is 0 Å². The Kier molecular flexibility index (Phi) is 3.22. The Morgan fingerprint density at radius 2 is 1.94 bits per heavy atom. The van der Waals surface area contributed by atoms with E-state index >= 15 is 0 Å². The first-order chi connectivity index (χ1) is 8.61. The van der Waals surface area contributed by atoms with Gasteiger partial charge in [0.15, 0.2) is 0 Å². The van der Waals surface area contributed by atoms with Gasteiger partial charge in [-0.05, 0) is 37.5 Å². The van der Waals surface area contributed by atoms with Gasteiger partial charge in [-0.15, -0.1) is 0 Å². The van der Waals surface area contributed by atoms with Gasteiger partial charge in [-0.25, -0.2) is 0 Å². The van der Waals surface area contributed by atoms with Crippen molar-refractivity contribution in [3.63, 3.8) is 0 Å². The van der Waals surface area contributed by atoms with Gasteiger partial charge in [0.1, 0.15) is 0 Å².